The molecule has 3 heteroatoms. The first-order valence-corrected chi connectivity index (χ1v) is 6.17. The van der Waals surface area contributed by atoms with Crippen molar-refractivity contribution < 1.29 is 4.74 Å². The molecule has 0 saturated carbocycles. The zero-order valence-electron chi connectivity index (χ0n) is 10.6. The SMILES string of the molecule is C=CC[C@@H](c1ccncc1)/[N+]([O-])=C\c1ccccc1. The van der Waals surface area contributed by atoms with Crippen LogP contribution >= 0.6 is 0 Å². The van der Waals surface area contributed by atoms with Crippen molar-refractivity contribution in [2.24, 2.45) is 0 Å². The summed E-state index contributed by atoms with van der Waals surface area (Å²) in [5.74, 6) is 0. The number of aromatic nitrogens is 1. The van der Waals surface area contributed by atoms with Crippen molar-refractivity contribution in [3.05, 3.63) is 83.8 Å². The van der Waals surface area contributed by atoms with Gasteiger partial charge in [0.2, 0.25) is 0 Å². The van der Waals surface area contributed by atoms with Gasteiger partial charge in [-0.25, -0.2) is 4.74 Å². The first-order valence-electron chi connectivity index (χ1n) is 6.17. The molecule has 1 aromatic heterocycles. The zero-order chi connectivity index (χ0) is 13.5. The average molecular weight is 252 g/mol. The molecule has 0 fully saturated rings. The first kappa shape index (κ1) is 13.0. The van der Waals surface area contributed by atoms with Crippen molar-refractivity contribution >= 4 is 6.21 Å². The molecule has 1 atom stereocenters. The minimum absolute atomic E-state index is 0.263. The molecule has 1 aromatic carbocycles. The van der Waals surface area contributed by atoms with E-state index < -0.39 is 0 Å². The summed E-state index contributed by atoms with van der Waals surface area (Å²) < 4.78 is 0.979. The maximum atomic E-state index is 12.3. The molecule has 0 unspecified atom stereocenters. The summed E-state index contributed by atoms with van der Waals surface area (Å²) in [6, 6.07) is 13.0. The number of pyridine rings is 1. The number of hydroxylamine groups is 1. The molecule has 0 bridgehead atoms. The molecule has 3 nitrogen and oxygen atoms in total. The van der Waals surface area contributed by atoms with Crippen LogP contribution in [0.15, 0.2) is 67.5 Å². The van der Waals surface area contributed by atoms with Crippen molar-refractivity contribution in [1.29, 1.82) is 0 Å². The average Bonchev–Trinajstić information content (AvgIpc) is 2.46. The molecule has 19 heavy (non-hydrogen) atoms. The molecule has 0 radical (unpaired) electrons. The van der Waals surface area contributed by atoms with Crippen molar-refractivity contribution in [3.8, 4) is 0 Å². The largest absolute Gasteiger partial charge is 0.623 e. The lowest BCUT2D eigenvalue weighted by Gasteiger charge is -2.15. The molecule has 0 aliphatic heterocycles. The lowest BCUT2D eigenvalue weighted by Crippen LogP contribution is -2.14. The molecule has 2 rings (SSSR count). The van der Waals surface area contributed by atoms with E-state index >= 15 is 0 Å². The van der Waals surface area contributed by atoms with Gasteiger partial charge in [0.15, 0.2) is 12.3 Å². The van der Waals surface area contributed by atoms with Gasteiger partial charge >= 0.3 is 0 Å². The van der Waals surface area contributed by atoms with Gasteiger partial charge in [0.1, 0.15) is 0 Å². The van der Waals surface area contributed by atoms with Crippen molar-refractivity contribution in [3.63, 3.8) is 0 Å². The Morgan fingerprint density at radius 1 is 1.16 bits per heavy atom. The van der Waals surface area contributed by atoms with Crippen LogP contribution in [0.25, 0.3) is 0 Å². The lowest BCUT2D eigenvalue weighted by molar-refractivity contribution is -0.502. The smallest absolute Gasteiger partial charge is 0.192 e. The van der Waals surface area contributed by atoms with Gasteiger partial charge in [0.25, 0.3) is 0 Å². The Morgan fingerprint density at radius 2 is 1.84 bits per heavy atom. The monoisotopic (exact) mass is 252 g/mol. The van der Waals surface area contributed by atoms with Crippen LogP contribution in [-0.2, 0) is 0 Å². The second kappa shape index (κ2) is 6.50. The predicted octanol–water partition coefficient (Wildman–Crippen LogP) is 3.33. The highest BCUT2D eigenvalue weighted by Gasteiger charge is 2.16. The summed E-state index contributed by atoms with van der Waals surface area (Å²) in [7, 11) is 0. The molecule has 96 valence electrons. The summed E-state index contributed by atoms with van der Waals surface area (Å²) >= 11 is 0. The normalized spacial score (nSPS) is 12.9. The fraction of sp³-hybridized carbons (Fsp3) is 0.125. The highest BCUT2D eigenvalue weighted by Crippen LogP contribution is 2.20. The Morgan fingerprint density at radius 3 is 2.47 bits per heavy atom. The van der Waals surface area contributed by atoms with Crippen molar-refractivity contribution in [1.82, 2.24) is 4.98 Å². The van der Waals surface area contributed by atoms with Gasteiger partial charge < -0.3 is 5.21 Å². The van der Waals surface area contributed by atoms with Gasteiger partial charge in [-0.1, -0.05) is 24.3 Å². The lowest BCUT2D eigenvalue weighted by atomic mass is 10.1. The Bertz CT molecular complexity index is 549. The molecule has 1 heterocycles. The van der Waals surface area contributed by atoms with Crippen LogP contribution in [0, 0.1) is 5.21 Å². The van der Waals surface area contributed by atoms with Crippen LogP contribution in [0.2, 0.25) is 0 Å². The number of hydrogen-bond donors (Lipinski definition) is 0. The van der Waals surface area contributed by atoms with Crippen molar-refractivity contribution in [2.75, 3.05) is 0 Å². The topological polar surface area (TPSA) is 39.0 Å². The quantitative estimate of drug-likeness (QED) is 0.269. The highest BCUT2D eigenvalue weighted by atomic mass is 16.5. The third-order valence-electron chi connectivity index (χ3n) is 2.86. The van der Waals surface area contributed by atoms with Crippen LogP contribution < -0.4 is 0 Å². The van der Waals surface area contributed by atoms with Gasteiger partial charge in [0.05, 0.1) is 0 Å². The Balaban J connectivity index is 2.29. The Kier molecular flexibility index (Phi) is 4.45. The van der Waals surface area contributed by atoms with E-state index in [-0.39, 0.29) is 6.04 Å². The maximum Gasteiger partial charge on any atom is 0.192 e. The van der Waals surface area contributed by atoms with Crippen LogP contribution in [0.4, 0.5) is 0 Å². The van der Waals surface area contributed by atoms with Gasteiger partial charge in [-0.05, 0) is 24.3 Å². The first-order chi connectivity index (χ1) is 9.31. The molecular formula is C16H16N2O. The van der Waals surface area contributed by atoms with E-state index in [4.69, 9.17) is 0 Å². The van der Waals surface area contributed by atoms with E-state index in [0.717, 1.165) is 15.9 Å². The molecule has 0 saturated heterocycles. The summed E-state index contributed by atoms with van der Waals surface area (Å²) in [6.45, 7) is 3.72. The molecule has 0 aliphatic rings. The van der Waals surface area contributed by atoms with Crippen LogP contribution in [0.1, 0.15) is 23.6 Å². The summed E-state index contributed by atoms with van der Waals surface area (Å²) in [6.07, 6.45) is 7.35. The number of hydrogen-bond acceptors (Lipinski definition) is 2. The third-order valence-corrected chi connectivity index (χ3v) is 2.86. The van der Waals surface area contributed by atoms with Crippen LogP contribution in [-0.4, -0.2) is 15.9 Å². The molecule has 2 aromatic rings. The summed E-state index contributed by atoms with van der Waals surface area (Å²) in [5, 5.41) is 12.3. The molecule has 0 aliphatic carbocycles. The Hall–Kier alpha value is -2.42. The number of benzene rings is 1. The second-order valence-electron chi connectivity index (χ2n) is 4.22. The van der Waals surface area contributed by atoms with Crippen molar-refractivity contribution in [2.45, 2.75) is 12.5 Å². The van der Waals surface area contributed by atoms with Gasteiger partial charge in [-0.2, -0.15) is 0 Å². The van der Waals surface area contributed by atoms with E-state index in [0.29, 0.717) is 6.42 Å². The summed E-state index contributed by atoms with van der Waals surface area (Å²) in [5.41, 5.74) is 1.83. The van der Waals surface area contributed by atoms with Gasteiger partial charge in [-0.15, -0.1) is 6.58 Å². The minimum Gasteiger partial charge on any atom is -0.623 e. The van der Waals surface area contributed by atoms with E-state index in [2.05, 4.69) is 11.6 Å². The molecule has 0 spiro atoms. The van der Waals surface area contributed by atoms with Gasteiger partial charge in [0, 0.05) is 29.9 Å². The van der Waals surface area contributed by atoms with E-state index in [9.17, 15) is 5.21 Å². The van der Waals surface area contributed by atoms with E-state index in [1.165, 1.54) is 0 Å². The van der Waals surface area contributed by atoms with Gasteiger partial charge in [-0.3, -0.25) is 4.98 Å². The fourth-order valence-corrected chi connectivity index (χ4v) is 1.91. The Labute approximate surface area is 113 Å². The molecular weight excluding hydrogens is 236 g/mol. The number of rotatable bonds is 5. The highest BCUT2D eigenvalue weighted by molar-refractivity contribution is 5.75. The minimum atomic E-state index is -0.263. The standard InChI is InChI=1S/C16H16N2O/c1-2-6-16(15-9-11-17-12-10-15)18(19)13-14-7-4-3-5-8-14/h2-5,7-13,16H,1,6H2/b18-13+/t16-/m0/s1. The van der Waals surface area contributed by atoms with Crippen LogP contribution in [0.5, 0.6) is 0 Å². The second-order valence-corrected chi connectivity index (χ2v) is 4.22. The summed E-state index contributed by atoms with van der Waals surface area (Å²) in [4.78, 5) is 3.97. The third kappa shape index (κ3) is 3.52. The maximum absolute atomic E-state index is 12.3. The van der Waals surface area contributed by atoms with Crippen LogP contribution in [0.3, 0.4) is 0 Å². The molecule has 0 N–H and O–H groups in total. The zero-order valence-corrected chi connectivity index (χ0v) is 10.6. The fourth-order valence-electron chi connectivity index (χ4n) is 1.91. The van der Waals surface area contributed by atoms with E-state index in [1.54, 1.807) is 24.7 Å². The predicted molar refractivity (Wildman–Crippen MR) is 77.0 cm³/mol. The number of nitrogens with zero attached hydrogens (tertiary/aromatic N) is 2. The molecule has 0 amide bonds. The van der Waals surface area contributed by atoms with E-state index in [1.807, 2.05) is 42.5 Å².